The number of ether oxygens (including phenoxy) is 1. The van der Waals surface area contributed by atoms with E-state index < -0.39 is 17.7 Å². The van der Waals surface area contributed by atoms with Crippen molar-refractivity contribution in [1.82, 2.24) is 5.06 Å². The number of carbonyl (C=O) groups excluding carboxylic acids is 2. The number of nitrogen functional groups attached to an aromatic ring is 1. The van der Waals surface area contributed by atoms with Gasteiger partial charge in [0.25, 0.3) is 0 Å². The molecule has 0 heterocycles. The quantitative estimate of drug-likeness (QED) is 0.664. The Kier molecular flexibility index (Phi) is 4.96. The minimum Gasteiger partial charge on any atom is -0.442 e. The zero-order valence-electron chi connectivity index (χ0n) is 12.2. The van der Waals surface area contributed by atoms with E-state index in [9.17, 15) is 9.59 Å². The smallest absolute Gasteiger partial charge is 0.442 e. The maximum absolute atomic E-state index is 12.0. The molecule has 1 amide bonds. The van der Waals surface area contributed by atoms with Crippen molar-refractivity contribution < 1.29 is 19.2 Å². The standard InChI is InChI=1S/C14H20N2O4/c1-10(17)20-16(13(18)19-14(2,3)4)9-11-7-5-6-8-12(11)15/h5-8H,9,15H2,1-4H3. The van der Waals surface area contributed by atoms with Gasteiger partial charge in [0.15, 0.2) is 0 Å². The Hall–Kier alpha value is -2.24. The first-order valence-corrected chi connectivity index (χ1v) is 6.21. The summed E-state index contributed by atoms with van der Waals surface area (Å²) < 4.78 is 5.18. The Balaban J connectivity index is 2.87. The Morgan fingerprint density at radius 3 is 2.35 bits per heavy atom. The third-order valence-electron chi connectivity index (χ3n) is 2.20. The molecule has 20 heavy (non-hydrogen) atoms. The summed E-state index contributed by atoms with van der Waals surface area (Å²) in [6.07, 6.45) is -0.740. The van der Waals surface area contributed by atoms with Crippen molar-refractivity contribution in [3.05, 3.63) is 29.8 Å². The number of hydrogen-bond donors (Lipinski definition) is 1. The number of para-hydroxylation sites is 1. The van der Waals surface area contributed by atoms with Crippen LogP contribution in [0.15, 0.2) is 24.3 Å². The Labute approximate surface area is 118 Å². The van der Waals surface area contributed by atoms with Gasteiger partial charge in [-0.1, -0.05) is 18.2 Å². The van der Waals surface area contributed by atoms with Gasteiger partial charge in [-0.2, -0.15) is 0 Å². The van der Waals surface area contributed by atoms with E-state index in [2.05, 4.69) is 0 Å². The molecule has 0 atom stereocenters. The Bertz CT molecular complexity index is 494. The molecule has 0 bridgehead atoms. The van der Waals surface area contributed by atoms with Gasteiger partial charge in [-0.15, -0.1) is 5.06 Å². The van der Waals surface area contributed by atoms with Gasteiger partial charge in [-0.25, -0.2) is 4.79 Å². The Morgan fingerprint density at radius 1 is 1.25 bits per heavy atom. The predicted molar refractivity (Wildman–Crippen MR) is 74.4 cm³/mol. The van der Waals surface area contributed by atoms with Gasteiger partial charge in [-0.05, 0) is 32.4 Å². The SMILES string of the molecule is CC(=O)ON(Cc1ccccc1N)C(=O)OC(C)(C)C. The van der Waals surface area contributed by atoms with Crippen LogP contribution in [-0.4, -0.2) is 22.7 Å². The minimum atomic E-state index is -0.740. The molecule has 6 heteroatoms. The van der Waals surface area contributed by atoms with Crippen molar-refractivity contribution in [3.63, 3.8) is 0 Å². The molecule has 0 aliphatic rings. The van der Waals surface area contributed by atoms with Gasteiger partial charge < -0.3 is 15.3 Å². The van der Waals surface area contributed by atoms with E-state index in [1.54, 1.807) is 45.0 Å². The molecular weight excluding hydrogens is 260 g/mol. The molecule has 0 aliphatic carbocycles. The Morgan fingerprint density at radius 2 is 1.85 bits per heavy atom. The first-order valence-electron chi connectivity index (χ1n) is 6.21. The lowest BCUT2D eigenvalue weighted by Gasteiger charge is -2.26. The highest BCUT2D eigenvalue weighted by Crippen LogP contribution is 2.17. The topological polar surface area (TPSA) is 81.9 Å². The number of nitrogens with two attached hydrogens (primary N) is 1. The van der Waals surface area contributed by atoms with Crippen LogP contribution in [0.4, 0.5) is 10.5 Å². The lowest BCUT2D eigenvalue weighted by Crippen LogP contribution is -2.37. The summed E-state index contributed by atoms with van der Waals surface area (Å²) in [6, 6.07) is 7.02. The van der Waals surface area contributed by atoms with Crippen LogP contribution < -0.4 is 5.73 Å². The van der Waals surface area contributed by atoms with Crippen molar-refractivity contribution >= 4 is 17.7 Å². The zero-order valence-corrected chi connectivity index (χ0v) is 12.2. The molecule has 0 saturated heterocycles. The van der Waals surface area contributed by atoms with Crippen molar-refractivity contribution in [1.29, 1.82) is 0 Å². The van der Waals surface area contributed by atoms with Gasteiger partial charge >= 0.3 is 12.1 Å². The van der Waals surface area contributed by atoms with Gasteiger partial charge in [0, 0.05) is 12.6 Å². The largest absolute Gasteiger partial charge is 0.444 e. The number of hydroxylamine groups is 2. The van der Waals surface area contributed by atoms with Crippen molar-refractivity contribution in [2.45, 2.75) is 39.8 Å². The molecule has 0 spiro atoms. The van der Waals surface area contributed by atoms with E-state index in [4.69, 9.17) is 15.3 Å². The maximum Gasteiger partial charge on any atom is 0.444 e. The van der Waals surface area contributed by atoms with Crippen LogP contribution in [0.2, 0.25) is 0 Å². The van der Waals surface area contributed by atoms with Crippen molar-refractivity contribution in [3.8, 4) is 0 Å². The summed E-state index contributed by atoms with van der Waals surface area (Å²) >= 11 is 0. The first-order chi connectivity index (χ1) is 9.19. The van der Waals surface area contributed by atoms with Crippen molar-refractivity contribution in [2.75, 3.05) is 5.73 Å². The highest BCUT2D eigenvalue weighted by atomic mass is 16.8. The maximum atomic E-state index is 12.0. The fourth-order valence-corrected chi connectivity index (χ4v) is 1.44. The highest BCUT2D eigenvalue weighted by molar-refractivity contribution is 5.72. The highest BCUT2D eigenvalue weighted by Gasteiger charge is 2.25. The molecule has 0 aliphatic heterocycles. The molecule has 0 unspecified atom stereocenters. The summed E-state index contributed by atoms with van der Waals surface area (Å²) in [6.45, 7) is 6.43. The molecular formula is C14H20N2O4. The number of benzene rings is 1. The minimum absolute atomic E-state index is 0.0289. The number of hydrogen-bond acceptors (Lipinski definition) is 5. The van der Waals surface area contributed by atoms with Crippen LogP contribution in [0.5, 0.6) is 0 Å². The van der Waals surface area contributed by atoms with E-state index in [0.29, 0.717) is 11.3 Å². The third kappa shape index (κ3) is 5.17. The predicted octanol–water partition coefficient (Wildman–Crippen LogP) is 2.48. The zero-order chi connectivity index (χ0) is 15.3. The average Bonchev–Trinajstić information content (AvgIpc) is 2.28. The van der Waals surface area contributed by atoms with Gasteiger partial charge in [0.1, 0.15) is 5.60 Å². The molecule has 1 aromatic carbocycles. The molecule has 0 saturated carbocycles. The van der Waals surface area contributed by atoms with E-state index in [1.165, 1.54) is 6.92 Å². The molecule has 0 fully saturated rings. The molecule has 2 N–H and O–H groups in total. The van der Waals surface area contributed by atoms with Crippen LogP contribution >= 0.6 is 0 Å². The van der Waals surface area contributed by atoms with Gasteiger partial charge in [0.2, 0.25) is 0 Å². The number of anilines is 1. The lowest BCUT2D eigenvalue weighted by molar-refractivity contribution is -0.184. The molecule has 110 valence electrons. The van der Waals surface area contributed by atoms with E-state index in [0.717, 1.165) is 5.06 Å². The molecule has 1 aromatic rings. The molecule has 0 radical (unpaired) electrons. The second kappa shape index (κ2) is 6.27. The second-order valence-electron chi connectivity index (χ2n) is 5.30. The van der Waals surface area contributed by atoms with E-state index >= 15 is 0 Å². The summed E-state index contributed by atoms with van der Waals surface area (Å²) in [5.41, 5.74) is 6.30. The summed E-state index contributed by atoms with van der Waals surface area (Å²) in [4.78, 5) is 28.0. The number of carbonyl (C=O) groups is 2. The van der Waals surface area contributed by atoms with Crippen LogP contribution in [-0.2, 0) is 20.9 Å². The van der Waals surface area contributed by atoms with E-state index in [1.807, 2.05) is 0 Å². The van der Waals surface area contributed by atoms with Crippen molar-refractivity contribution in [2.24, 2.45) is 0 Å². The lowest BCUT2D eigenvalue weighted by atomic mass is 10.2. The van der Waals surface area contributed by atoms with Crippen LogP contribution in [0.25, 0.3) is 0 Å². The summed E-state index contributed by atoms with van der Waals surface area (Å²) in [7, 11) is 0. The molecule has 0 aromatic heterocycles. The monoisotopic (exact) mass is 280 g/mol. The van der Waals surface area contributed by atoms with Gasteiger partial charge in [0.05, 0.1) is 6.54 Å². The van der Waals surface area contributed by atoms with Crippen LogP contribution in [0, 0.1) is 0 Å². The molecule has 6 nitrogen and oxygen atoms in total. The first kappa shape index (κ1) is 15.8. The third-order valence-corrected chi connectivity index (χ3v) is 2.20. The fourth-order valence-electron chi connectivity index (χ4n) is 1.44. The summed E-state index contributed by atoms with van der Waals surface area (Å²) in [5.74, 6) is -0.606. The molecule has 1 rings (SSSR count). The number of amides is 1. The summed E-state index contributed by atoms with van der Waals surface area (Å²) in [5, 5.41) is 0.860. The fraction of sp³-hybridized carbons (Fsp3) is 0.429. The van der Waals surface area contributed by atoms with E-state index in [-0.39, 0.29) is 6.54 Å². The van der Waals surface area contributed by atoms with Crippen LogP contribution in [0.1, 0.15) is 33.3 Å². The van der Waals surface area contributed by atoms with Gasteiger partial charge in [-0.3, -0.25) is 4.79 Å². The normalized spacial score (nSPS) is 10.8. The van der Waals surface area contributed by atoms with Crippen LogP contribution in [0.3, 0.4) is 0 Å². The second-order valence-corrected chi connectivity index (χ2v) is 5.30. The number of rotatable bonds is 2. The average molecular weight is 280 g/mol. The number of nitrogens with zero attached hydrogens (tertiary/aromatic N) is 1.